The fourth-order valence-corrected chi connectivity index (χ4v) is 7.60. The molecule has 1 aromatic heterocycles. The van der Waals surface area contributed by atoms with Crippen molar-refractivity contribution < 1.29 is 29.0 Å². The van der Waals surface area contributed by atoms with E-state index >= 15 is 0 Å². The molecule has 286 valence electrons. The van der Waals surface area contributed by atoms with Gasteiger partial charge < -0.3 is 25.4 Å². The maximum atomic E-state index is 13.9. The van der Waals surface area contributed by atoms with Crippen molar-refractivity contribution >= 4 is 35.0 Å². The number of amides is 3. The second-order valence-electron chi connectivity index (χ2n) is 15.1. The molecule has 3 N–H and O–H groups in total. The number of ether oxygens (including phenoxy) is 1. The summed E-state index contributed by atoms with van der Waals surface area (Å²) in [6, 6.07) is 26.0. The molecule has 54 heavy (non-hydrogen) atoms. The summed E-state index contributed by atoms with van der Waals surface area (Å²) < 4.78 is 5.58. The summed E-state index contributed by atoms with van der Waals surface area (Å²) in [6.07, 6.45) is 1.55. The first kappa shape index (κ1) is 40.3. The number of rotatable bonds is 16. The van der Waals surface area contributed by atoms with E-state index in [2.05, 4.69) is 15.6 Å². The Morgan fingerprint density at radius 2 is 1.57 bits per heavy atom. The molecule has 1 aliphatic heterocycles. The van der Waals surface area contributed by atoms with Crippen LogP contribution in [0.15, 0.2) is 90.4 Å². The van der Waals surface area contributed by atoms with E-state index in [4.69, 9.17) is 4.74 Å². The number of hydrogen-bond donors (Lipinski definition) is 3. The topological polar surface area (TPSA) is 138 Å². The van der Waals surface area contributed by atoms with Crippen molar-refractivity contribution in [3.05, 3.63) is 113 Å². The summed E-state index contributed by atoms with van der Waals surface area (Å²) in [5.74, 6) is -1.39. The summed E-state index contributed by atoms with van der Waals surface area (Å²) in [5.41, 5.74) is 6.21. The average Bonchev–Trinajstić information content (AvgIpc) is 3.78. The number of thiazole rings is 1. The second-order valence-corrected chi connectivity index (χ2v) is 15.9. The minimum absolute atomic E-state index is 0.0123. The number of hydrogen-bond acceptors (Lipinski definition) is 8. The van der Waals surface area contributed by atoms with Crippen LogP contribution in [0.4, 0.5) is 0 Å². The van der Waals surface area contributed by atoms with E-state index in [0.29, 0.717) is 19.3 Å². The highest BCUT2D eigenvalue weighted by Gasteiger charge is 2.44. The number of esters is 1. The zero-order chi connectivity index (χ0) is 38.7. The maximum absolute atomic E-state index is 13.9. The zero-order valence-corrected chi connectivity index (χ0v) is 32.4. The Kier molecular flexibility index (Phi) is 14.1. The Morgan fingerprint density at radius 1 is 0.926 bits per heavy atom. The molecule has 0 saturated carbocycles. The highest BCUT2D eigenvalue weighted by molar-refractivity contribution is 7.13. The third kappa shape index (κ3) is 11.1. The fourth-order valence-electron chi connectivity index (χ4n) is 6.79. The molecule has 0 bridgehead atoms. The number of nitrogens with zero attached hydrogens (tertiary/aromatic N) is 2. The van der Waals surface area contributed by atoms with Gasteiger partial charge in [-0.05, 0) is 53.9 Å². The van der Waals surface area contributed by atoms with Gasteiger partial charge in [-0.2, -0.15) is 0 Å². The minimum atomic E-state index is -0.892. The Hall–Kier alpha value is -4.87. The lowest BCUT2D eigenvalue weighted by molar-refractivity contribution is -0.144. The van der Waals surface area contributed by atoms with E-state index in [1.807, 2.05) is 118 Å². The molecule has 3 aromatic carbocycles. The maximum Gasteiger partial charge on any atom is 0.306 e. The molecule has 2 heterocycles. The van der Waals surface area contributed by atoms with Crippen molar-refractivity contribution in [3.8, 4) is 10.4 Å². The quantitative estimate of drug-likeness (QED) is 0.0872. The van der Waals surface area contributed by atoms with Crippen LogP contribution in [0, 0.1) is 12.3 Å². The molecule has 1 aliphatic rings. The summed E-state index contributed by atoms with van der Waals surface area (Å²) in [6.45, 7) is 8.11. The molecule has 3 amide bonds. The minimum Gasteiger partial charge on any atom is -0.466 e. The number of aliphatic hydroxyl groups excluding tert-OH is 1. The highest BCUT2D eigenvalue weighted by atomic mass is 32.1. The molecular weight excluding hydrogens is 701 g/mol. The number of carbonyl (C=O) groups is 4. The van der Waals surface area contributed by atoms with Gasteiger partial charge in [-0.3, -0.25) is 19.2 Å². The number of unbranched alkanes of at least 4 members (excludes halogenated alkanes) is 2. The van der Waals surface area contributed by atoms with Gasteiger partial charge in [0.15, 0.2) is 0 Å². The predicted molar refractivity (Wildman–Crippen MR) is 210 cm³/mol. The van der Waals surface area contributed by atoms with E-state index in [-0.39, 0.29) is 62.7 Å². The van der Waals surface area contributed by atoms with Crippen LogP contribution in [0.25, 0.3) is 10.4 Å². The summed E-state index contributed by atoms with van der Waals surface area (Å²) in [5, 5.41) is 16.4. The van der Waals surface area contributed by atoms with Gasteiger partial charge in [0, 0.05) is 31.8 Å². The van der Waals surface area contributed by atoms with Gasteiger partial charge in [0.05, 0.1) is 35.2 Å². The molecule has 1 fully saturated rings. The highest BCUT2D eigenvalue weighted by Crippen LogP contribution is 2.30. The number of nitrogens with one attached hydrogen (secondary N) is 2. The first-order chi connectivity index (χ1) is 25.9. The number of carbonyl (C=O) groups excluding carboxylic acids is 4. The van der Waals surface area contributed by atoms with Gasteiger partial charge in [-0.25, -0.2) is 4.98 Å². The number of aromatic nitrogens is 1. The number of aliphatic hydroxyl groups is 1. The van der Waals surface area contributed by atoms with Crippen molar-refractivity contribution in [1.82, 2.24) is 20.5 Å². The van der Waals surface area contributed by atoms with Gasteiger partial charge in [-0.15, -0.1) is 11.3 Å². The Morgan fingerprint density at radius 3 is 2.17 bits per heavy atom. The van der Waals surface area contributed by atoms with Gasteiger partial charge in [0.25, 0.3) is 0 Å². The number of β-amino-alcohol motifs (C(OH)–C–C–N with tert-alkyl or cyclic N) is 1. The molecule has 0 spiro atoms. The summed E-state index contributed by atoms with van der Waals surface area (Å²) in [7, 11) is 0. The van der Waals surface area contributed by atoms with Gasteiger partial charge in [-0.1, -0.05) is 106 Å². The molecule has 0 aliphatic carbocycles. The third-order valence-corrected chi connectivity index (χ3v) is 10.8. The van der Waals surface area contributed by atoms with E-state index in [9.17, 15) is 24.3 Å². The molecule has 3 atom stereocenters. The van der Waals surface area contributed by atoms with Crippen LogP contribution < -0.4 is 10.6 Å². The largest absolute Gasteiger partial charge is 0.466 e. The van der Waals surface area contributed by atoms with Crippen LogP contribution >= 0.6 is 11.3 Å². The Balaban J connectivity index is 1.07. The van der Waals surface area contributed by atoms with Gasteiger partial charge in [0.1, 0.15) is 12.1 Å². The van der Waals surface area contributed by atoms with Crippen LogP contribution in [0.3, 0.4) is 0 Å². The number of aryl methyl sites for hydroxylation is 1. The molecule has 0 unspecified atom stereocenters. The van der Waals surface area contributed by atoms with Crippen molar-refractivity contribution in [2.45, 2.75) is 96.9 Å². The first-order valence-electron chi connectivity index (χ1n) is 18.7. The van der Waals surface area contributed by atoms with E-state index in [1.165, 1.54) is 4.90 Å². The van der Waals surface area contributed by atoms with E-state index in [0.717, 1.165) is 32.8 Å². The third-order valence-electron chi connectivity index (χ3n) is 9.80. The van der Waals surface area contributed by atoms with Crippen LogP contribution in [-0.2, 0) is 30.5 Å². The normalized spacial score (nSPS) is 16.2. The monoisotopic (exact) mass is 752 g/mol. The molecule has 11 heteroatoms. The molecule has 0 radical (unpaired) electrons. The second kappa shape index (κ2) is 18.9. The lowest BCUT2D eigenvalue weighted by Crippen LogP contribution is -2.57. The van der Waals surface area contributed by atoms with Crippen molar-refractivity contribution in [3.63, 3.8) is 0 Å². The molecular formula is C43H52N4O6S. The average molecular weight is 753 g/mol. The fraction of sp³-hybridized carbons (Fsp3) is 0.419. The van der Waals surface area contributed by atoms with Crippen LogP contribution in [0.1, 0.15) is 87.6 Å². The molecule has 10 nitrogen and oxygen atoms in total. The predicted octanol–water partition coefficient (Wildman–Crippen LogP) is 6.55. The SMILES string of the molecule is Cc1ncsc1-c1ccc(CNC(=O)[C@@H]2C[C@@H](O)CN2C(=O)[C@@H](NC(=O)CCCCCOC(=O)CC(c2ccccc2)c2ccccc2)C(C)(C)C)cc1. The first-order valence-corrected chi connectivity index (χ1v) is 19.6. The number of likely N-dealkylation sites (tertiary alicyclic amines) is 1. The Bertz CT molecular complexity index is 1800. The van der Waals surface area contributed by atoms with E-state index in [1.54, 1.807) is 11.3 Å². The van der Waals surface area contributed by atoms with Crippen molar-refractivity contribution in [1.29, 1.82) is 0 Å². The van der Waals surface area contributed by atoms with Crippen molar-refractivity contribution in [2.75, 3.05) is 13.2 Å². The van der Waals surface area contributed by atoms with Crippen LogP contribution in [0.2, 0.25) is 0 Å². The standard InChI is InChI=1S/C43H52N4O6S/c1-29-39(54-28-45-29)33-21-19-30(20-22-33)26-44-41(51)36-24-34(48)27-47(36)42(52)40(43(2,3)4)46-37(49)18-12-7-13-23-53-38(50)25-35(31-14-8-5-9-15-31)32-16-10-6-11-17-32/h5-6,8-11,14-17,19-22,28,34-36,40,48H,7,12-13,18,23-27H2,1-4H3,(H,44,51)(H,46,49)/t34-,36+,40-/m1/s1. The summed E-state index contributed by atoms with van der Waals surface area (Å²) >= 11 is 1.58. The summed E-state index contributed by atoms with van der Waals surface area (Å²) in [4.78, 5) is 60.1. The Labute approximate surface area is 322 Å². The van der Waals surface area contributed by atoms with Gasteiger partial charge >= 0.3 is 5.97 Å². The lowest BCUT2D eigenvalue weighted by Gasteiger charge is -2.35. The zero-order valence-electron chi connectivity index (χ0n) is 31.6. The van der Waals surface area contributed by atoms with Crippen molar-refractivity contribution in [2.24, 2.45) is 5.41 Å². The molecule has 5 rings (SSSR count). The number of benzene rings is 3. The molecule has 1 saturated heterocycles. The smallest absolute Gasteiger partial charge is 0.306 e. The van der Waals surface area contributed by atoms with Crippen LogP contribution in [0.5, 0.6) is 0 Å². The lowest BCUT2D eigenvalue weighted by atomic mass is 9.85. The molecule has 4 aromatic rings. The van der Waals surface area contributed by atoms with Crippen LogP contribution in [-0.4, -0.2) is 70.0 Å². The van der Waals surface area contributed by atoms with E-state index < -0.39 is 29.5 Å². The van der Waals surface area contributed by atoms with Gasteiger partial charge in [0.2, 0.25) is 17.7 Å².